The highest BCUT2D eigenvalue weighted by molar-refractivity contribution is 5.79. The highest BCUT2D eigenvalue weighted by atomic mass is 19.1. The normalized spacial score (nSPS) is 11.8. The molecule has 0 atom stereocenters. The molecule has 0 spiro atoms. The highest BCUT2D eigenvalue weighted by Crippen LogP contribution is 2.08. The maximum Gasteiger partial charge on any atom is 0.191 e. The number of nitrogens with one attached hydrogen (secondary N) is 2. The summed E-state index contributed by atoms with van der Waals surface area (Å²) < 4.78 is 18.8. The molecule has 1 aromatic carbocycles. The maximum absolute atomic E-state index is 13.2. The number of aliphatic imine (C=N–C) groups is 1. The zero-order chi connectivity index (χ0) is 16.4. The van der Waals surface area contributed by atoms with Crippen LogP contribution in [0.2, 0.25) is 0 Å². The Balaban J connectivity index is 2.23. The van der Waals surface area contributed by atoms with Gasteiger partial charge in [0, 0.05) is 26.7 Å². The van der Waals surface area contributed by atoms with Gasteiger partial charge in [0.1, 0.15) is 5.82 Å². The molecule has 0 aromatic heterocycles. The third-order valence-corrected chi connectivity index (χ3v) is 3.28. The molecule has 124 valence electrons. The molecule has 1 aromatic rings. The van der Waals surface area contributed by atoms with E-state index in [-0.39, 0.29) is 5.82 Å². The first kappa shape index (κ1) is 18.4. The first-order valence-electron chi connectivity index (χ1n) is 7.80. The predicted molar refractivity (Wildman–Crippen MR) is 89.6 cm³/mol. The topological polar surface area (TPSA) is 45.7 Å². The quantitative estimate of drug-likeness (QED) is 0.441. The maximum atomic E-state index is 13.2. The van der Waals surface area contributed by atoms with Gasteiger partial charge in [-0.1, -0.05) is 26.0 Å². The van der Waals surface area contributed by atoms with Crippen LogP contribution in [0.3, 0.4) is 0 Å². The minimum absolute atomic E-state index is 0.176. The number of halogens is 1. The monoisotopic (exact) mass is 309 g/mol. The summed E-state index contributed by atoms with van der Waals surface area (Å²) in [5.41, 5.74) is 1.68. The van der Waals surface area contributed by atoms with Crippen LogP contribution in [0, 0.1) is 18.7 Å². The molecule has 2 N–H and O–H groups in total. The van der Waals surface area contributed by atoms with Crippen LogP contribution < -0.4 is 10.6 Å². The van der Waals surface area contributed by atoms with Gasteiger partial charge in [0.15, 0.2) is 5.96 Å². The van der Waals surface area contributed by atoms with Gasteiger partial charge in [0.25, 0.3) is 0 Å². The third-order valence-electron chi connectivity index (χ3n) is 3.28. The van der Waals surface area contributed by atoms with Crippen LogP contribution >= 0.6 is 0 Å². The second-order valence-electron chi connectivity index (χ2n) is 5.73. The van der Waals surface area contributed by atoms with Gasteiger partial charge in [-0.15, -0.1) is 0 Å². The smallest absolute Gasteiger partial charge is 0.191 e. The Labute approximate surface area is 133 Å². The van der Waals surface area contributed by atoms with Crippen molar-refractivity contribution in [3.05, 3.63) is 35.1 Å². The zero-order valence-electron chi connectivity index (χ0n) is 14.1. The summed E-state index contributed by atoms with van der Waals surface area (Å²) in [4.78, 5) is 4.15. The molecular weight excluding hydrogens is 281 g/mol. The van der Waals surface area contributed by atoms with Gasteiger partial charge in [-0.3, -0.25) is 4.99 Å². The fraction of sp³-hybridized carbons (Fsp3) is 0.588. The third kappa shape index (κ3) is 7.41. The standard InChI is InChI=1S/C17H28FN3O/c1-13(2)7-9-22-10-8-20-17(19-4)21-12-15-5-6-16(18)14(3)11-15/h5-6,11,13H,7-10,12H2,1-4H3,(H2,19,20,21). The molecular formula is C17H28FN3O. The molecule has 0 aliphatic heterocycles. The first-order valence-corrected chi connectivity index (χ1v) is 7.80. The van der Waals surface area contributed by atoms with Crippen molar-refractivity contribution in [3.63, 3.8) is 0 Å². The molecule has 0 aliphatic rings. The lowest BCUT2D eigenvalue weighted by molar-refractivity contribution is 0.128. The molecule has 0 unspecified atom stereocenters. The second-order valence-corrected chi connectivity index (χ2v) is 5.73. The first-order chi connectivity index (χ1) is 10.5. The minimum Gasteiger partial charge on any atom is -0.380 e. The molecule has 0 radical (unpaired) electrons. The number of ether oxygens (including phenoxy) is 1. The van der Waals surface area contributed by atoms with E-state index in [2.05, 4.69) is 29.5 Å². The molecule has 5 heteroatoms. The van der Waals surface area contributed by atoms with Crippen LogP contribution in [0.5, 0.6) is 0 Å². The van der Waals surface area contributed by atoms with Crippen molar-refractivity contribution < 1.29 is 9.13 Å². The molecule has 22 heavy (non-hydrogen) atoms. The van der Waals surface area contributed by atoms with Crippen molar-refractivity contribution in [1.82, 2.24) is 10.6 Å². The average Bonchev–Trinajstić information content (AvgIpc) is 2.49. The summed E-state index contributed by atoms with van der Waals surface area (Å²) >= 11 is 0. The van der Waals surface area contributed by atoms with E-state index in [4.69, 9.17) is 4.74 Å². The molecule has 0 saturated carbocycles. The molecule has 0 amide bonds. The number of rotatable bonds is 8. The van der Waals surface area contributed by atoms with Crippen LogP contribution in [-0.2, 0) is 11.3 Å². The number of hydrogen-bond acceptors (Lipinski definition) is 2. The molecule has 0 saturated heterocycles. The fourth-order valence-electron chi connectivity index (χ4n) is 1.89. The predicted octanol–water partition coefficient (Wildman–Crippen LogP) is 2.86. The van der Waals surface area contributed by atoms with E-state index in [1.165, 1.54) is 6.07 Å². The van der Waals surface area contributed by atoms with E-state index in [1.807, 2.05) is 6.07 Å². The summed E-state index contributed by atoms with van der Waals surface area (Å²) in [6, 6.07) is 5.10. The van der Waals surface area contributed by atoms with Gasteiger partial charge in [0.2, 0.25) is 0 Å². The number of guanidine groups is 1. The summed E-state index contributed by atoms with van der Waals surface area (Å²) in [5.74, 6) is 1.21. The van der Waals surface area contributed by atoms with Gasteiger partial charge < -0.3 is 15.4 Å². The van der Waals surface area contributed by atoms with Crippen molar-refractivity contribution in [1.29, 1.82) is 0 Å². The van der Waals surface area contributed by atoms with Crippen molar-refractivity contribution in [3.8, 4) is 0 Å². The molecule has 0 aliphatic carbocycles. The van der Waals surface area contributed by atoms with Gasteiger partial charge in [-0.05, 0) is 36.5 Å². The summed E-state index contributed by atoms with van der Waals surface area (Å²) in [7, 11) is 1.73. The number of benzene rings is 1. The van der Waals surface area contributed by atoms with Gasteiger partial charge in [0.05, 0.1) is 6.61 Å². The van der Waals surface area contributed by atoms with E-state index in [0.29, 0.717) is 31.2 Å². The zero-order valence-corrected chi connectivity index (χ0v) is 14.1. The molecule has 1 rings (SSSR count). The lowest BCUT2D eigenvalue weighted by Crippen LogP contribution is -2.38. The molecule has 0 fully saturated rings. The lowest BCUT2D eigenvalue weighted by Gasteiger charge is -2.13. The second kappa shape index (κ2) is 10.2. The van der Waals surface area contributed by atoms with Crippen LogP contribution in [0.25, 0.3) is 0 Å². The van der Waals surface area contributed by atoms with Crippen molar-refractivity contribution in [2.24, 2.45) is 10.9 Å². The largest absolute Gasteiger partial charge is 0.380 e. The average molecular weight is 309 g/mol. The van der Waals surface area contributed by atoms with Gasteiger partial charge in [-0.2, -0.15) is 0 Å². The van der Waals surface area contributed by atoms with Gasteiger partial charge >= 0.3 is 0 Å². The Morgan fingerprint density at radius 2 is 2.05 bits per heavy atom. The Bertz CT molecular complexity index is 475. The van der Waals surface area contributed by atoms with Crippen molar-refractivity contribution in [2.45, 2.75) is 33.7 Å². The van der Waals surface area contributed by atoms with Crippen LogP contribution in [0.15, 0.2) is 23.2 Å². The Kier molecular flexibility index (Phi) is 8.51. The molecule has 4 nitrogen and oxygen atoms in total. The number of aryl methyl sites for hydroxylation is 1. The minimum atomic E-state index is -0.176. The van der Waals surface area contributed by atoms with Crippen LogP contribution in [0.1, 0.15) is 31.4 Å². The van der Waals surface area contributed by atoms with E-state index >= 15 is 0 Å². The van der Waals surface area contributed by atoms with Crippen molar-refractivity contribution >= 4 is 5.96 Å². The molecule has 0 heterocycles. The van der Waals surface area contributed by atoms with Crippen molar-refractivity contribution in [2.75, 3.05) is 26.8 Å². The number of nitrogens with zero attached hydrogens (tertiary/aromatic N) is 1. The van der Waals surface area contributed by atoms with E-state index in [9.17, 15) is 4.39 Å². The Hall–Kier alpha value is -1.62. The SMILES string of the molecule is CN=C(NCCOCCC(C)C)NCc1ccc(F)c(C)c1. The Morgan fingerprint density at radius 3 is 2.68 bits per heavy atom. The lowest BCUT2D eigenvalue weighted by atomic mass is 10.1. The summed E-state index contributed by atoms with van der Waals surface area (Å²) in [6.45, 7) is 8.90. The number of hydrogen-bond donors (Lipinski definition) is 2. The van der Waals surface area contributed by atoms with E-state index in [0.717, 1.165) is 24.6 Å². The fourth-order valence-corrected chi connectivity index (χ4v) is 1.89. The van der Waals surface area contributed by atoms with E-state index < -0.39 is 0 Å². The highest BCUT2D eigenvalue weighted by Gasteiger charge is 2.01. The van der Waals surface area contributed by atoms with Crippen LogP contribution in [-0.4, -0.2) is 32.8 Å². The van der Waals surface area contributed by atoms with Gasteiger partial charge in [-0.25, -0.2) is 4.39 Å². The molecule has 0 bridgehead atoms. The summed E-state index contributed by atoms with van der Waals surface area (Å²) in [5, 5.41) is 6.40. The summed E-state index contributed by atoms with van der Waals surface area (Å²) in [6.07, 6.45) is 1.08. The Morgan fingerprint density at radius 1 is 1.27 bits per heavy atom. The van der Waals surface area contributed by atoms with Crippen LogP contribution in [0.4, 0.5) is 4.39 Å². The van der Waals surface area contributed by atoms with E-state index in [1.54, 1.807) is 20.0 Å².